The Hall–Kier alpha value is -0.840. The molecule has 0 aromatic carbocycles. The number of halogens is 1. The molecular weight excluding hydrogens is 248 g/mol. The van der Waals surface area contributed by atoms with Gasteiger partial charge in [0, 0.05) is 18.6 Å². The fourth-order valence-corrected chi connectivity index (χ4v) is 2.86. The smallest absolute Gasteiger partial charge is 0.140 e. The first kappa shape index (κ1) is 13.6. The van der Waals surface area contributed by atoms with Gasteiger partial charge < -0.3 is 5.43 Å². The molecule has 3 N–H and O–H groups in total. The van der Waals surface area contributed by atoms with Crippen molar-refractivity contribution in [3.05, 3.63) is 22.8 Å². The molecular formula is C13H21ClN4. The number of likely N-dealkylation sites (tertiary alicyclic amines) is 1. The summed E-state index contributed by atoms with van der Waals surface area (Å²) in [6, 6.07) is 4.88. The van der Waals surface area contributed by atoms with Crippen molar-refractivity contribution >= 4 is 17.4 Å². The van der Waals surface area contributed by atoms with Gasteiger partial charge in [-0.1, -0.05) is 18.5 Å². The maximum Gasteiger partial charge on any atom is 0.140 e. The normalized spacial score (nSPS) is 24.4. The molecule has 0 saturated carbocycles. The van der Waals surface area contributed by atoms with Crippen molar-refractivity contribution in [2.24, 2.45) is 5.84 Å². The number of nitrogens with zero attached hydrogens (tertiary/aromatic N) is 2. The minimum absolute atomic E-state index is 0.599. The van der Waals surface area contributed by atoms with Gasteiger partial charge in [0.05, 0.1) is 10.7 Å². The van der Waals surface area contributed by atoms with Gasteiger partial charge in [0.1, 0.15) is 5.82 Å². The molecule has 1 aliphatic heterocycles. The lowest BCUT2D eigenvalue weighted by atomic mass is 10.1. The maximum absolute atomic E-state index is 6.21. The van der Waals surface area contributed by atoms with Crippen LogP contribution in [0.25, 0.3) is 0 Å². The van der Waals surface area contributed by atoms with E-state index in [1.54, 1.807) is 6.07 Å². The highest BCUT2D eigenvalue weighted by atomic mass is 35.5. The van der Waals surface area contributed by atoms with Crippen LogP contribution in [0, 0.1) is 0 Å². The third kappa shape index (κ3) is 2.76. The Kier molecular flexibility index (Phi) is 4.43. The number of hydrogen-bond donors (Lipinski definition) is 2. The zero-order valence-electron chi connectivity index (χ0n) is 11.0. The summed E-state index contributed by atoms with van der Waals surface area (Å²) in [5.74, 6) is 6.05. The van der Waals surface area contributed by atoms with Crippen LogP contribution in [0.4, 0.5) is 5.82 Å². The molecule has 0 amide bonds. The van der Waals surface area contributed by atoms with E-state index in [2.05, 4.69) is 29.2 Å². The van der Waals surface area contributed by atoms with Crippen LogP contribution in [0.15, 0.2) is 12.1 Å². The zero-order valence-corrected chi connectivity index (χ0v) is 11.7. The van der Waals surface area contributed by atoms with Gasteiger partial charge in [0.15, 0.2) is 0 Å². The van der Waals surface area contributed by atoms with Gasteiger partial charge in [0.2, 0.25) is 0 Å². The summed E-state index contributed by atoms with van der Waals surface area (Å²) >= 11 is 6.21. The summed E-state index contributed by atoms with van der Waals surface area (Å²) in [7, 11) is 0. The summed E-state index contributed by atoms with van der Waals surface area (Å²) in [6.07, 6.45) is 3.70. The molecule has 2 unspecified atom stereocenters. The summed E-state index contributed by atoms with van der Waals surface area (Å²) in [5.41, 5.74) is 3.47. The largest absolute Gasteiger partial charge is 0.308 e. The predicted octanol–water partition coefficient (Wildman–Crippen LogP) is 2.78. The molecule has 1 saturated heterocycles. The number of aromatic nitrogens is 1. The second-order valence-electron chi connectivity index (χ2n) is 4.93. The maximum atomic E-state index is 6.21. The van der Waals surface area contributed by atoms with E-state index in [1.807, 2.05) is 6.07 Å². The summed E-state index contributed by atoms with van der Waals surface area (Å²) in [6.45, 7) is 5.31. The Morgan fingerprint density at radius 2 is 2.28 bits per heavy atom. The van der Waals surface area contributed by atoms with Crippen LogP contribution < -0.4 is 11.3 Å². The number of nitrogen functional groups attached to an aromatic ring is 1. The lowest BCUT2D eigenvalue weighted by Crippen LogP contribution is -2.34. The number of hydrazine groups is 1. The highest BCUT2D eigenvalue weighted by molar-refractivity contribution is 6.31. The van der Waals surface area contributed by atoms with Crippen molar-refractivity contribution in [3.63, 3.8) is 0 Å². The Bertz CT molecular complexity index is 410. The molecule has 2 rings (SSSR count). The van der Waals surface area contributed by atoms with Crippen molar-refractivity contribution in [1.29, 1.82) is 0 Å². The molecule has 1 aromatic heterocycles. The van der Waals surface area contributed by atoms with Crippen LogP contribution in [-0.4, -0.2) is 22.0 Å². The molecule has 2 atom stereocenters. The van der Waals surface area contributed by atoms with Gasteiger partial charge in [0.25, 0.3) is 0 Å². The Balaban J connectivity index is 2.17. The molecule has 1 aromatic rings. The van der Waals surface area contributed by atoms with Crippen LogP contribution in [0.3, 0.4) is 0 Å². The van der Waals surface area contributed by atoms with Gasteiger partial charge in [-0.15, -0.1) is 0 Å². The van der Waals surface area contributed by atoms with E-state index in [4.69, 9.17) is 17.4 Å². The quantitative estimate of drug-likeness (QED) is 0.651. The van der Waals surface area contributed by atoms with Crippen molar-refractivity contribution < 1.29 is 0 Å². The zero-order chi connectivity index (χ0) is 13.1. The summed E-state index contributed by atoms with van der Waals surface area (Å²) in [4.78, 5) is 6.94. The minimum Gasteiger partial charge on any atom is -0.308 e. The fourth-order valence-electron chi connectivity index (χ4n) is 2.70. The Labute approximate surface area is 113 Å². The van der Waals surface area contributed by atoms with Crippen molar-refractivity contribution in [3.8, 4) is 0 Å². The average molecular weight is 269 g/mol. The van der Waals surface area contributed by atoms with Gasteiger partial charge in [-0.2, -0.15) is 0 Å². The number of nitrogens with one attached hydrogen (secondary N) is 1. The van der Waals surface area contributed by atoms with E-state index in [0.717, 1.165) is 12.2 Å². The highest BCUT2D eigenvalue weighted by Crippen LogP contribution is 2.29. The molecule has 0 aliphatic carbocycles. The van der Waals surface area contributed by atoms with Gasteiger partial charge >= 0.3 is 0 Å². The first-order valence-corrected chi connectivity index (χ1v) is 6.91. The molecule has 4 nitrogen and oxygen atoms in total. The predicted molar refractivity (Wildman–Crippen MR) is 75.4 cm³/mol. The number of anilines is 1. The molecule has 18 heavy (non-hydrogen) atoms. The molecule has 1 fully saturated rings. The number of nitrogens with two attached hydrogens (primary N) is 1. The van der Waals surface area contributed by atoms with Crippen molar-refractivity contribution in [1.82, 2.24) is 9.88 Å². The highest BCUT2D eigenvalue weighted by Gasteiger charge is 2.29. The molecule has 0 spiro atoms. The third-order valence-corrected chi connectivity index (χ3v) is 4.17. The van der Waals surface area contributed by atoms with Gasteiger partial charge in [-0.3, -0.25) is 4.90 Å². The molecule has 2 heterocycles. The van der Waals surface area contributed by atoms with Gasteiger partial charge in [-0.05, 0) is 38.3 Å². The molecule has 0 bridgehead atoms. The fraction of sp³-hybridized carbons (Fsp3) is 0.615. The van der Waals surface area contributed by atoms with Crippen LogP contribution in [-0.2, 0) is 6.54 Å². The van der Waals surface area contributed by atoms with Crippen LogP contribution in [0.1, 0.15) is 38.8 Å². The van der Waals surface area contributed by atoms with E-state index in [0.29, 0.717) is 22.9 Å². The molecule has 0 radical (unpaired) electrons. The number of pyridine rings is 1. The van der Waals surface area contributed by atoms with Gasteiger partial charge in [-0.25, -0.2) is 10.8 Å². The molecule has 100 valence electrons. The van der Waals surface area contributed by atoms with Crippen LogP contribution in [0.5, 0.6) is 0 Å². The average Bonchev–Trinajstić information content (AvgIpc) is 2.73. The standard InChI is InChI=1S/C13H21ClN4/c1-3-10-5-4-9(2)18(10)8-12-11(14)6-7-13(16-12)17-15/h6-7,9-10H,3-5,8,15H2,1-2H3,(H,16,17). The minimum atomic E-state index is 0.599. The number of rotatable bonds is 4. The Morgan fingerprint density at radius 3 is 2.94 bits per heavy atom. The van der Waals surface area contributed by atoms with E-state index < -0.39 is 0 Å². The van der Waals surface area contributed by atoms with Crippen LogP contribution >= 0.6 is 11.6 Å². The topological polar surface area (TPSA) is 54.2 Å². The van der Waals surface area contributed by atoms with Crippen molar-refractivity contribution in [2.45, 2.75) is 51.7 Å². The Morgan fingerprint density at radius 1 is 1.50 bits per heavy atom. The third-order valence-electron chi connectivity index (χ3n) is 3.82. The summed E-state index contributed by atoms with van der Waals surface area (Å²) < 4.78 is 0. The first-order valence-electron chi connectivity index (χ1n) is 6.53. The van der Waals surface area contributed by atoms with E-state index in [1.165, 1.54) is 19.3 Å². The summed E-state index contributed by atoms with van der Waals surface area (Å²) in [5, 5.41) is 0.711. The second kappa shape index (κ2) is 5.87. The first-order chi connectivity index (χ1) is 8.65. The number of hydrogen-bond acceptors (Lipinski definition) is 4. The monoisotopic (exact) mass is 268 g/mol. The van der Waals surface area contributed by atoms with E-state index in [-0.39, 0.29) is 0 Å². The van der Waals surface area contributed by atoms with E-state index in [9.17, 15) is 0 Å². The lowest BCUT2D eigenvalue weighted by Gasteiger charge is -2.27. The lowest BCUT2D eigenvalue weighted by molar-refractivity contribution is 0.187. The van der Waals surface area contributed by atoms with Crippen LogP contribution in [0.2, 0.25) is 5.02 Å². The molecule has 5 heteroatoms. The SMILES string of the molecule is CCC1CCC(C)N1Cc1nc(NN)ccc1Cl. The second-order valence-corrected chi connectivity index (χ2v) is 5.34. The van der Waals surface area contributed by atoms with Crippen molar-refractivity contribution in [2.75, 3.05) is 5.43 Å². The van der Waals surface area contributed by atoms with E-state index >= 15 is 0 Å². The molecule has 1 aliphatic rings.